The number of rotatable bonds is 8. The van der Waals surface area contributed by atoms with Crippen molar-refractivity contribution in [1.29, 1.82) is 0 Å². The lowest BCUT2D eigenvalue weighted by Crippen LogP contribution is -2.43. The molecule has 4 heterocycles. The minimum absolute atomic E-state index is 0.345. The van der Waals surface area contributed by atoms with Crippen molar-refractivity contribution in [2.75, 3.05) is 29.9 Å². The zero-order valence-electron chi connectivity index (χ0n) is 25.7. The van der Waals surface area contributed by atoms with Crippen molar-refractivity contribution in [3.05, 3.63) is 82.0 Å². The van der Waals surface area contributed by atoms with E-state index in [1.165, 1.54) is 33.2 Å². The number of aryl methyl sites for hydroxylation is 1. The van der Waals surface area contributed by atoms with E-state index in [-0.39, 0.29) is 0 Å². The largest absolute Gasteiger partial charge is 0.365 e. The van der Waals surface area contributed by atoms with Gasteiger partial charge in [0.2, 0.25) is 0 Å². The molecule has 0 fully saturated rings. The smallest absolute Gasteiger partial charge is 0.141 e. The van der Waals surface area contributed by atoms with Gasteiger partial charge in [0.25, 0.3) is 0 Å². The number of hydrogen-bond donors (Lipinski definition) is 0. The maximum absolute atomic E-state index is 6.76. The Morgan fingerprint density at radius 1 is 1.07 bits per heavy atom. The summed E-state index contributed by atoms with van der Waals surface area (Å²) in [6.07, 6.45) is 9.02. The Morgan fingerprint density at radius 2 is 1.88 bits per heavy atom. The van der Waals surface area contributed by atoms with Gasteiger partial charge in [-0.15, -0.1) is 0 Å². The van der Waals surface area contributed by atoms with E-state index < -0.39 is 0 Å². The summed E-state index contributed by atoms with van der Waals surface area (Å²) in [5.74, 6) is 2.10. The van der Waals surface area contributed by atoms with Crippen molar-refractivity contribution in [2.24, 2.45) is 0 Å². The summed E-state index contributed by atoms with van der Waals surface area (Å²) in [7, 11) is 4.41. The molecule has 0 saturated heterocycles. The lowest BCUT2D eigenvalue weighted by Gasteiger charge is -2.39. The molecule has 2 aromatic carbocycles. The van der Waals surface area contributed by atoms with E-state index in [0.29, 0.717) is 12.1 Å². The van der Waals surface area contributed by atoms with E-state index in [1.54, 1.807) is 0 Å². The third kappa shape index (κ3) is 5.49. The molecule has 0 radical (unpaired) electrons. The number of nitrogens with zero attached hydrogens (tertiary/aromatic N) is 6. The molecule has 0 N–H and O–H groups in total. The molecule has 0 bridgehead atoms. The van der Waals surface area contributed by atoms with Crippen LogP contribution < -0.4 is 15.3 Å². The quantitative estimate of drug-likeness (QED) is 0.270. The van der Waals surface area contributed by atoms with Gasteiger partial charge in [0, 0.05) is 60.6 Å². The topological polar surface area (TPSA) is 48.4 Å². The molecule has 4 aromatic rings. The molecule has 6 rings (SSSR count). The second-order valence-electron chi connectivity index (χ2n) is 12.1. The molecule has 8 heteroatoms. The van der Waals surface area contributed by atoms with Crippen molar-refractivity contribution in [3.8, 4) is 0 Å². The Bertz CT molecular complexity index is 1590. The summed E-state index contributed by atoms with van der Waals surface area (Å²) in [5, 5.41) is 3.10. The van der Waals surface area contributed by atoms with Crippen LogP contribution in [0.2, 0.25) is 5.02 Å². The lowest BCUT2D eigenvalue weighted by molar-refractivity contribution is 0.234. The first kappa shape index (κ1) is 28.9. The number of halogens is 1. The Balaban J connectivity index is 1.39. The van der Waals surface area contributed by atoms with Crippen LogP contribution in [-0.4, -0.2) is 59.9 Å². The number of hydrogen-bond acceptors (Lipinski definition) is 6. The minimum atomic E-state index is 0.345. The van der Waals surface area contributed by atoms with Gasteiger partial charge in [-0.2, -0.15) is 0 Å². The van der Waals surface area contributed by atoms with Crippen molar-refractivity contribution < 1.29 is 0 Å². The molecule has 2 atom stereocenters. The maximum atomic E-state index is 6.76. The minimum Gasteiger partial charge on any atom is -0.365 e. The van der Waals surface area contributed by atoms with Gasteiger partial charge >= 0.3 is 0 Å². The molecule has 2 aromatic heterocycles. The van der Waals surface area contributed by atoms with Gasteiger partial charge in [0.1, 0.15) is 19.5 Å². The number of aromatic nitrogens is 3. The van der Waals surface area contributed by atoms with Crippen molar-refractivity contribution in [1.82, 2.24) is 19.9 Å². The average Bonchev–Trinajstić information content (AvgIpc) is 3.00. The van der Waals surface area contributed by atoms with Crippen LogP contribution in [0.1, 0.15) is 61.8 Å². The summed E-state index contributed by atoms with van der Waals surface area (Å²) in [5.41, 5.74) is 7.68. The van der Waals surface area contributed by atoms with E-state index >= 15 is 0 Å². The predicted molar refractivity (Wildman–Crippen MR) is 178 cm³/mol. The predicted octanol–water partition coefficient (Wildman–Crippen LogP) is 5.11. The van der Waals surface area contributed by atoms with Gasteiger partial charge in [0.15, 0.2) is 0 Å². The van der Waals surface area contributed by atoms with E-state index in [9.17, 15) is 0 Å². The first-order valence-electron chi connectivity index (χ1n) is 15.6. The first-order chi connectivity index (χ1) is 20.4. The van der Waals surface area contributed by atoms with E-state index in [1.807, 2.05) is 18.3 Å². The molecular formula is C34H42BClN6. The second kappa shape index (κ2) is 12.2. The van der Waals surface area contributed by atoms with Crippen LogP contribution in [0.5, 0.6) is 0 Å². The fraction of sp³-hybridized carbons (Fsp3) is 0.441. The first-order valence-corrected chi connectivity index (χ1v) is 16.0. The monoisotopic (exact) mass is 580 g/mol. The molecule has 0 amide bonds. The molecule has 2 aliphatic rings. The van der Waals surface area contributed by atoms with Crippen LogP contribution in [0.15, 0.2) is 48.8 Å². The highest BCUT2D eigenvalue weighted by Gasteiger charge is 2.31. The Labute approximate surface area is 256 Å². The fourth-order valence-electron chi connectivity index (χ4n) is 6.93. The molecule has 42 heavy (non-hydrogen) atoms. The van der Waals surface area contributed by atoms with Gasteiger partial charge < -0.3 is 14.7 Å². The highest BCUT2D eigenvalue weighted by molar-refractivity contribution is 6.36. The zero-order valence-corrected chi connectivity index (χ0v) is 26.5. The number of benzene rings is 2. The summed E-state index contributed by atoms with van der Waals surface area (Å²) in [6.45, 7) is 10.4. The van der Waals surface area contributed by atoms with Gasteiger partial charge in [-0.25, -0.2) is 9.97 Å². The van der Waals surface area contributed by atoms with Crippen LogP contribution >= 0.6 is 11.6 Å². The van der Waals surface area contributed by atoms with Crippen molar-refractivity contribution in [3.63, 3.8) is 0 Å². The van der Waals surface area contributed by atoms with Crippen LogP contribution in [0.25, 0.3) is 10.8 Å². The zero-order chi connectivity index (χ0) is 29.4. The number of pyridine rings is 1. The van der Waals surface area contributed by atoms with E-state index in [0.717, 1.165) is 86.0 Å². The normalized spacial score (nSPS) is 17.4. The Kier molecular flexibility index (Phi) is 8.42. The van der Waals surface area contributed by atoms with Gasteiger partial charge in [-0.1, -0.05) is 55.2 Å². The van der Waals surface area contributed by atoms with Crippen molar-refractivity contribution in [2.45, 2.75) is 78.0 Å². The summed E-state index contributed by atoms with van der Waals surface area (Å²) >= 11 is 6.76. The molecule has 2 aliphatic heterocycles. The lowest BCUT2D eigenvalue weighted by atomic mass is 9.85. The summed E-state index contributed by atoms with van der Waals surface area (Å²) in [6, 6.07) is 13.5. The second-order valence-corrected chi connectivity index (χ2v) is 12.5. The molecule has 218 valence electrons. The van der Waals surface area contributed by atoms with E-state index in [2.05, 4.69) is 85.8 Å². The summed E-state index contributed by atoms with van der Waals surface area (Å²) < 4.78 is 0. The third-order valence-electron chi connectivity index (χ3n) is 9.57. The molecule has 0 saturated carbocycles. The molecule has 0 spiro atoms. The highest BCUT2D eigenvalue weighted by Crippen LogP contribution is 2.37. The fourth-order valence-corrected chi connectivity index (χ4v) is 7.21. The van der Waals surface area contributed by atoms with Crippen molar-refractivity contribution >= 4 is 47.2 Å². The standard InChI is InChI=1S/C34H42BClN6/c1-5-25(40(4)6-2)13-14-32-38-30-21-41(31-12-8-10-23-9-7-11-29(36)33(23)31)16-15-26(30)34(39-32)42-20-27-24(17-22(42)3)18-37-19-28(27)35/h7-12,18-19,22,25H,5-6,13-17,20-21,35H2,1-4H3/t22?,25-/m0/s1. The SMILES string of the molecule is Bc1cncc2c1CN(c1nc(CC[C@H](CC)N(C)CC)nc3c1CCN(c1cccc4cccc(Cl)c14)C3)C(C)C2. The van der Waals surface area contributed by atoms with Crippen LogP contribution in [0.3, 0.4) is 0 Å². The number of anilines is 2. The maximum Gasteiger partial charge on any atom is 0.141 e. The van der Waals surface area contributed by atoms with Crippen LogP contribution in [-0.2, 0) is 32.4 Å². The summed E-state index contributed by atoms with van der Waals surface area (Å²) in [4.78, 5) is 22.6. The highest BCUT2D eigenvalue weighted by atomic mass is 35.5. The van der Waals surface area contributed by atoms with Crippen LogP contribution in [0.4, 0.5) is 11.5 Å². The van der Waals surface area contributed by atoms with E-state index in [4.69, 9.17) is 21.6 Å². The van der Waals surface area contributed by atoms with Gasteiger partial charge in [-0.05, 0) is 74.8 Å². The Hall–Kier alpha value is -3.16. The Morgan fingerprint density at radius 3 is 2.67 bits per heavy atom. The van der Waals surface area contributed by atoms with Gasteiger partial charge in [-0.3, -0.25) is 4.98 Å². The molecule has 1 unspecified atom stereocenters. The average molecular weight is 581 g/mol. The molecular weight excluding hydrogens is 539 g/mol. The number of fused-ring (bicyclic) bond motifs is 3. The van der Waals surface area contributed by atoms with Gasteiger partial charge in [0.05, 0.1) is 17.3 Å². The third-order valence-corrected chi connectivity index (χ3v) is 9.88. The van der Waals surface area contributed by atoms with Crippen LogP contribution in [0, 0.1) is 0 Å². The molecule has 0 aliphatic carbocycles. The molecule has 6 nitrogen and oxygen atoms in total.